The maximum Gasteiger partial charge on any atom is 0.111 e. The fraction of sp³-hybridized carbons (Fsp3) is 0.889. The van der Waals surface area contributed by atoms with Gasteiger partial charge in [0.25, 0.3) is 0 Å². The molecule has 0 unspecified atom stereocenters. The Morgan fingerprint density at radius 1 is 0.462 bits per heavy atom. The second-order valence-electron chi connectivity index (χ2n) is 6.10. The highest BCUT2D eigenvalue weighted by Crippen LogP contribution is 1.96. The number of hydrogen-bond acceptors (Lipinski definition) is 8. The van der Waals surface area contributed by atoms with Crippen LogP contribution < -0.4 is 0 Å². The Morgan fingerprint density at radius 2 is 0.885 bits per heavy atom. The summed E-state index contributed by atoms with van der Waals surface area (Å²) in [6.45, 7) is 11.0. The average molecular weight is 374 g/mol. The summed E-state index contributed by atoms with van der Waals surface area (Å²) in [5.74, 6) is 0. The van der Waals surface area contributed by atoms with E-state index in [2.05, 4.69) is 9.80 Å². The molecule has 8 heteroatoms. The third-order valence-electron chi connectivity index (χ3n) is 4.16. The molecule has 0 aromatic heterocycles. The molecule has 0 radical (unpaired) electrons. The number of fused-ring (bicyclic) bond motifs is 20. The summed E-state index contributed by atoms with van der Waals surface area (Å²) < 4.78 is 33.9. The first-order valence-electron chi connectivity index (χ1n) is 9.58. The van der Waals surface area contributed by atoms with Crippen molar-refractivity contribution in [3.63, 3.8) is 0 Å². The Bertz CT molecular complexity index is 339. The maximum atomic E-state index is 5.69. The fourth-order valence-corrected chi connectivity index (χ4v) is 2.59. The fourth-order valence-electron chi connectivity index (χ4n) is 2.59. The molecule has 1 saturated heterocycles. The van der Waals surface area contributed by atoms with Crippen molar-refractivity contribution in [3.05, 3.63) is 12.5 Å². The number of ether oxygens (including phenoxy) is 6. The molecule has 0 aromatic carbocycles. The van der Waals surface area contributed by atoms with Gasteiger partial charge in [0.2, 0.25) is 0 Å². The minimum atomic E-state index is 0.545. The standard InChI is InChI=1S/C18H34N2O6/c1-7-21-13-14-24-10-4-20-5-11-25-17-15-22-8-2-19(1)3-9-23-16-18-26-12-6-20/h1,7H,2-6,8-18H2/b7-1-. The molecule has 0 aliphatic carbocycles. The van der Waals surface area contributed by atoms with Gasteiger partial charge in [-0.15, -0.1) is 0 Å². The van der Waals surface area contributed by atoms with Gasteiger partial charge >= 0.3 is 0 Å². The van der Waals surface area contributed by atoms with Crippen LogP contribution in [0.25, 0.3) is 0 Å². The third kappa shape index (κ3) is 10.9. The van der Waals surface area contributed by atoms with Crippen LogP contribution in [0, 0.1) is 0 Å². The van der Waals surface area contributed by atoms with Crippen LogP contribution in [0.1, 0.15) is 0 Å². The number of rotatable bonds is 0. The zero-order valence-corrected chi connectivity index (χ0v) is 15.8. The molecule has 3 aliphatic heterocycles. The van der Waals surface area contributed by atoms with Crippen molar-refractivity contribution < 1.29 is 28.4 Å². The molecule has 8 nitrogen and oxygen atoms in total. The largest absolute Gasteiger partial charge is 0.497 e. The van der Waals surface area contributed by atoms with Crippen molar-refractivity contribution in [1.82, 2.24) is 9.80 Å². The first-order valence-corrected chi connectivity index (χ1v) is 9.58. The lowest BCUT2D eigenvalue weighted by atomic mass is 10.4. The molecule has 0 spiro atoms. The summed E-state index contributed by atoms with van der Waals surface area (Å²) >= 11 is 0. The Labute approximate surface area is 156 Å². The number of hydrogen-bond donors (Lipinski definition) is 0. The SMILES string of the molecule is C1=C\N2CCOCCOCCN(CCOCCO/1)CCOCCOCC2. The first kappa shape index (κ1) is 21.4. The molecule has 26 heavy (non-hydrogen) atoms. The van der Waals surface area contributed by atoms with Crippen LogP contribution in [0.4, 0.5) is 0 Å². The van der Waals surface area contributed by atoms with E-state index in [1.165, 1.54) is 0 Å². The third-order valence-corrected chi connectivity index (χ3v) is 4.16. The highest BCUT2D eigenvalue weighted by Gasteiger charge is 2.07. The van der Waals surface area contributed by atoms with Crippen molar-refractivity contribution in [2.24, 2.45) is 0 Å². The lowest BCUT2D eigenvalue weighted by Crippen LogP contribution is -2.35. The molecule has 0 aromatic rings. The van der Waals surface area contributed by atoms with E-state index in [1.807, 2.05) is 6.20 Å². The van der Waals surface area contributed by atoms with Gasteiger partial charge in [-0.1, -0.05) is 0 Å². The van der Waals surface area contributed by atoms with Gasteiger partial charge in [-0.05, 0) is 0 Å². The van der Waals surface area contributed by atoms with Crippen molar-refractivity contribution in [2.45, 2.75) is 0 Å². The van der Waals surface area contributed by atoms with Crippen molar-refractivity contribution in [3.8, 4) is 0 Å². The second kappa shape index (κ2) is 15.2. The first-order chi connectivity index (χ1) is 12.9. The van der Waals surface area contributed by atoms with Crippen molar-refractivity contribution >= 4 is 0 Å². The minimum absolute atomic E-state index is 0.545. The summed E-state index contributed by atoms with van der Waals surface area (Å²) in [7, 11) is 0. The van der Waals surface area contributed by atoms with Gasteiger partial charge in [-0.25, -0.2) is 0 Å². The van der Waals surface area contributed by atoms with E-state index in [-0.39, 0.29) is 0 Å². The molecular formula is C18H34N2O6. The van der Waals surface area contributed by atoms with Gasteiger partial charge in [-0.2, -0.15) is 0 Å². The molecule has 3 heterocycles. The van der Waals surface area contributed by atoms with E-state index in [4.69, 9.17) is 28.4 Å². The molecule has 0 saturated carbocycles. The van der Waals surface area contributed by atoms with Gasteiger partial charge in [0, 0.05) is 38.9 Å². The maximum absolute atomic E-state index is 5.69. The molecule has 0 N–H and O–H groups in total. The molecule has 1 fully saturated rings. The van der Waals surface area contributed by atoms with E-state index in [0.717, 1.165) is 32.7 Å². The summed E-state index contributed by atoms with van der Waals surface area (Å²) in [5.41, 5.74) is 0. The van der Waals surface area contributed by atoms with E-state index >= 15 is 0 Å². The van der Waals surface area contributed by atoms with Gasteiger partial charge in [-0.3, -0.25) is 4.90 Å². The highest BCUT2D eigenvalue weighted by molar-refractivity contribution is 4.76. The molecule has 2 bridgehead atoms. The molecule has 3 rings (SSSR count). The lowest BCUT2D eigenvalue weighted by molar-refractivity contribution is 0.00467. The van der Waals surface area contributed by atoms with Crippen LogP contribution >= 0.6 is 0 Å². The topological polar surface area (TPSA) is 61.9 Å². The van der Waals surface area contributed by atoms with Crippen LogP contribution in [0.2, 0.25) is 0 Å². The summed E-state index contributed by atoms with van der Waals surface area (Å²) in [6, 6.07) is 0. The summed E-state index contributed by atoms with van der Waals surface area (Å²) in [4.78, 5) is 4.43. The van der Waals surface area contributed by atoms with Crippen molar-refractivity contribution in [2.75, 3.05) is 105 Å². The second-order valence-corrected chi connectivity index (χ2v) is 6.10. The predicted molar refractivity (Wildman–Crippen MR) is 97.2 cm³/mol. The molecular weight excluding hydrogens is 340 g/mol. The Balaban J connectivity index is 1.91. The van der Waals surface area contributed by atoms with Crippen LogP contribution in [0.15, 0.2) is 12.5 Å². The van der Waals surface area contributed by atoms with E-state index in [1.54, 1.807) is 6.26 Å². The zero-order chi connectivity index (χ0) is 18.1. The van der Waals surface area contributed by atoms with E-state index in [0.29, 0.717) is 72.7 Å². The van der Waals surface area contributed by atoms with Crippen LogP contribution in [0.5, 0.6) is 0 Å². The van der Waals surface area contributed by atoms with E-state index in [9.17, 15) is 0 Å². The number of nitrogens with zero attached hydrogens (tertiary/aromatic N) is 2. The van der Waals surface area contributed by atoms with Gasteiger partial charge in [0.1, 0.15) is 6.61 Å². The highest BCUT2D eigenvalue weighted by atomic mass is 16.5. The quantitative estimate of drug-likeness (QED) is 0.596. The molecule has 0 atom stereocenters. The van der Waals surface area contributed by atoms with Crippen LogP contribution in [0.3, 0.4) is 0 Å². The smallest absolute Gasteiger partial charge is 0.111 e. The summed E-state index contributed by atoms with van der Waals surface area (Å²) in [6.07, 6.45) is 3.65. The Hall–Kier alpha value is -0.900. The van der Waals surface area contributed by atoms with Gasteiger partial charge < -0.3 is 33.3 Å². The minimum Gasteiger partial charge on any atom is -0.497 e. The van der Waals surface area contributed by atoms with Crippen LogP contribution in [-0.2, 0) is 28.4 Å². The predicted octanol–water partition coefficient (Wildman–Crippen LogP) is 0.188. The van der Waals surface area contributed by atoms with Crippen molar-refractivity contribution in [1.29, 1.82) is 0 Å². The van der Waals surface area contributed by atoms with Gasteiger partial charge in [0.15, 0.2) is 0 Å². The molecule has 0 amide bonds. The zero-order valence-electron chi connectivity index (χ0n) is 15.8. The lowest BCUT2D eigenvalue weighted by Gasteiger charge is -2.23. The molecule has 3 aliphatic rings. The molecule has 152 valence electrons. The average Bonchev–Trinajstić information content (AvgIpc) is 2.65. The van der Waals surface area contributed by atoms with E-state index < -0.39 is 0 Å². The Morgan fingerprint density at radius 3 is 1.38 bits per heavy atom. The normalized spacial score (nSPS) is 25.9. The van der Waals surface area contributed by atoms with Crippen LogP contribution in [-0.4, -0.2) is 115 Å². The Kier molecular flexibility index (Phi) is 12.5. The monoisotopic (exact) mass is 374 g/mol. The van der Waals surface area contributed by atoms with Gasteiger partial charge in [0.05, 0.1) is 72.3 Å². The summed E-state index contributed by atoms with van der Waals surface area (Å²) in [5, 5.41) is 0.